The van der Waals surface area contributed by atoms with Crippen LogP contribution in [0.4, 0.5) is 11.6 Å². The number of nitro groups is 1. The molecule has 0 atom stereocenters. The SMILES string of the molecule is Cc1cc([N+](=O)[O-])ccc1Oc1nc(NN)ncc1Cl. The molecule has 0 amide bonds. The molecule has 2 rings (SSSR count). The highest BCUT2D eigenvalue weighted by molar-refractivity contribution is 6.31. The smallest absolute Gasteiger partial charge is 0.269 e. The molecule has 1 aromatic carbocycles. The van der Waals surface area contributed by atoms with Crippen LogP contribution in [-0.4, -0.2) is 14.9 Å². The third kappa shape index (κ3) is 2.92. The Morgan fingerprint density at radius 1 is 1.50 bits per heavy atom. The van der Waals surface area contributed by atoms with Crippen LogP contribution >= 0.6 is 11.6 Å². The summed E-state index contributed by atoms with van der Waals surface area (Å²) >= 11 is 5.91. The molecule has 1 heterocycles. The summed E-state index contributed by atoms with van der Waals surface area (Å²) in [6.07, 6.45) is 1.33. The van der Waals surface area contributed by atoms with Gasteiger partial charge >= 0.3 is 0 Å². The normalized spacial score (nSPS) is 10.2. The molecule has 0 spiro atoms. The van der Waals surface area contributed by atoms with E-state index in [2.05, 4.69) is 15.4 Å². The number of nitro benzene ring substituents is 1. The minimum atomic E-state index is -0.481. The quantitative estimate of drug-likeness (QED) is 0.505. The van der Waals surface area contributed by atoms with Gasteiger partial charge in [-0.1, -0.05) is 11.6 Å². The summed E-state index contributed by atoms with van der Waals surface area (Å²) in [6.45, 7) is 1.68. The van der Waals surface area contributed by atoms with Crippen LogP contribution in [0.1, 0.15) is 5.56 Å². The lowest BCUT2D eigenvalue weighted by Crippen LogP contribution is -2.10. The second-order valence-electron chi connectivity index (χ2n) is 3.80. The van der Waals surface area contributed by atoms with Crippen LogP contribution < -0.4 is 16.0 Å². The number of rotatable bonds is 4. The van der Waals surface area contributed by atoms with E-state index in [1.54, 1.807) is 6.92 Å². The van der Waals surface area contributed by atoms with Gasteiger partial charge in [0.1, 0.15) is 10.8 Å². The molecule has 1 aromatic heterocycles. The first-order chi connectivity index (χ1) is 9.51. The summed E-state index contributed by atoms with van der Waals surface area (Å²) < 4.78 is 5.52. The number of aryl methyl sites for hydroxylation is 1. The zero-order valence-corrected chi connectivity index (χ0v) is 11.1. The zero-order valence-electron chi connectivity index (χ0n) is 10.3. The van der Waals surface area contributed by atoms with Crippen LogP contribution in [0.15, 0.2) is 24.4 Å². The summed E-state index contributed by atoms with van der Waals surface area (Å²) in [5.41, 5.74) is 2.83. The van der Waals surface area contributed by atoms with Crippen LogP contribution in [0, 0.1) is 17.0 Å². The molecule has 8 nitrogen and oxygen atoms in total. The fourth-order valence-corrected chi connectivity index (χ4v) is 1.59. The van der Waals surface area contributed by atoms with Crippen LogP contribution in [0.2, 0.25) is 5.02 Å². The first-order valence-corrected chi connectivity index (χ1v) is 5.81. The molecule has 0 unspecified atom stereocenters. The monoisotopic (exact) mass is 295 g/mol. The highest BCUT2D eigenvalue weighted by Crippen LogP contribution is 2.31. The van der Waals surface area contributed by atoms with Crippen molar-refractivity contribution >= 4 is 23.2 Å². The molecule has 2 aromatic rings. The van der Waals surface area contributed by atoms with E-state index in [1.807, 2.05) is 0 Å². The van der Waals surface area contributed by atoms with Crippen molar-refractivity contribution in [2.45, 2.75) is 6.92 Å². The number of nitrogens with one attached hydrogen (secondary N) is 1. The van der Waals surface area contributed by atoms with E-state index >= 15 is 0 Å². The molecule has 0 fully saturated rings. The topological polar surface area (TPSA) is 116 Å². The van der Waals surface area contributed by atoms with E-state index in [4.69, 9.17) is 22.2 Å². The van der Waals surface area contributed by atoms with Crippen molar-refractivity contribution in [2.24, 2.45) is 5.84 Å². The standard InChI is InChI=1S/C11H10ClN5O3/c1-6-4-7(17(18)19)2-3-9(6)20-10-8(12)5-14-11(15-10)16-13/h2-5H,13H2,1H3,(H,14,15,16). The number of hydrazine groups is 1. The maximum absolute atomic E-state index is 10.7. The number of non-ortho nitro benzene ring substituents is 1. The fraction of sp³-hybridized carbons (Fsp3) is 0.0909. The second-order valence-corrected chi connectivity index (χ2v) is 4.21. The first kappa shape index (κ1) is 14.0. The lowest BCUT2D eigenvalue weighted by Gasteiger charge is -2.09. The Balaban J connectivity index is 2.32. The van der Waals surface area contributed by atoms with Crippen molar-refractivity contribution < 1.29 is 9.66 Å². The number of hydrogen-bond donors (Lipinski definition) is 2. The van der Waals surface area contributed by atoms with Gasteiger partial charge in [-0.25, -0.2) is 10.8 Å². The van der Waals surface area contributed by atoms with Gasteiger partial charge < -0.3 is 4.74 Å². The molecule has 0 aliphatic carbocycles. The van der Waals surface area contributed by atoms with Gasteiger partial charge in [-0.2, -0.15) is 4.98 Å². The molecule has 104 valence electrons. The molecule has 0 radical (unpaired) electrons. The van der Waals surface area contributed by atoms with Gasteiger partial charge in [-0.3, -0.25) is 15.5 Å². The summed E-state index contributed by atoms with van der Waals surface area (Å²) in [5, 5.41) is 10.9. The lowest BCUT2D eigenvalue weighted by atomic mass is 10.2. The van der Waals surface area contributed by atoms with Gasteiger partial charge in [0.05, 0.1) is 11.1 Å². The summed E-state index contributed by atoms with van der Waals surface area (Å²) in [7, 11) is 0. The Bertz CT molecular complexity index is 665. The predicted octanol–water partition coefficient (Wildman–Crippen LogP) is 2.42. The average Bonchev–Trinajstić information content (AvgIpc) is 2.43. The number of benzene rings is 1. The number of anilines is 1. The molecular weight excluding hydrogens is 286 g/mol. The average molecular weight is 296 g/mol. The zero-order chi connectivity index (χ0) is 14.7. The van der Waals surface area contributed by atoms with Crippen molar-refractivity contribution in [3.8, 4) is 11.6 Å². The van der Waals surface area contributed by atoms with Gasteiger partial charge in [0.15, 0.2) is 0 Å². The van der Waals surface area contributed by atoms with Crippen molar-refractivity contribution in [2.75, 3.05) is 5.43 Å². The summed E-state index contributed by atoms with van der Waals surface area (Å²) in [4.78, 5) is 17.9. The van der Waals surface area contributed by atoms with E-state index in [9.17, 15) is 10.1 Å². The molecule has 20 heavy (non-hydrogen) atoms. The first-order valence-electron chi connectivity index (χ1n) is 5.43. The molecule has 0 aliphatic heterocycles. The fourth-order valence-electron chi connectivity index (χ4n) is 1.46. The number of nitrogen functional groups attached to an aromatic ring is 1. The molecule has 0 saturated carbocycles. The van der Waals surface area contributed by atoms with Crippen LogP contribution in [0.5, 0.6) is 11.6 Å². The van der Waals surface area contributed by atoms with Crippen LogP contribution in [-0.2, 0) is 0 Å². The number of nitrogens with two attached hydrogens (primary N) is 1. The number of nitrogens with zero attached hydrogens (tertiary/aromatic N) is 3. The van der Waals surface area contributed by atoms with Gasteiger partial charge in [-0.05, 0) is 18.6 Å². The van der Waals surface area contributed by atoms with E-state index in [0.29, 0.717) is 11.3 Å². The number of halogens is 1. The van der Waals surface area contributed by atoms with E-state index in [-0.39, 0.29) is 22.5 Å². The maximum atomic E-state index is 10.7. The van der Waals surface area contributed by atoms with E-state index in [0.717, 1.165) is 0 Å². The van der Waals surface area contributed by atoms with Crippen molar-refractivity contribution in [1.82, 2.24) is 9.97 Å². The predicted molar refractivity (Wildman–Crippen MR) is 72.8 cm³/mol. The summed E-state index contributed by atoms with van der Waals surface area (Å²) in [6, 6.07) is 4.20. The summed E-state index contributed by atoms with van der Waals surface area (Å²) in [5.74, 6) is 5.84. The number of aromatic nitrogens is 2. The van der Waals surface area contributed by atoms with Crippen molar-refractivity contribution in [1.29, 1.82) is 0 Å². The van der Waals surface area contributed by atoms with Gasteiger partial charge in [-0.15, -0.1) is 0 Å². The van der Waals surface area contributed by atoms with Crippen molar-refractivity contribution in [3.05, 3.63) is 45.1 Å². The van der Waals surface area contributed by atoms with Gasteiger partial charge in [0, 0.05) is 12.1 Å². The molecule has 9 heteroatoms. The van der Waals surface area contributed by atoms with Crippen LogP contribution in [0.25, 0.3) is 0 Å². The lowest BCUT2D eigenvalue weighted by molar-refractivity contribution is -0.384. The van der Waals surface area contributed by atoms with E-state index < -0.39 is 4.92 Å². The second kappa shape index (κ2) is 5.68. The Morgan fingerprint density at radius 3 is 2.85 bits per heavy atom. The highest BCUT2D eigenvalue weighted by atomic mass is 35.5. The Hall–Kier alpha value is -2.45. The molecule has 3 N–H and O–H groups in total. The highest BCUT2D eigenvalue weighted by Gasteiger charge is 2.12. The Kier molecular flexibility index (Phi) is 3.97. The number of hydrogen-bond acceptors (Lipinski definition) is 7. The minimum absolute atomic E-state index is 0.0204. The number of ether oxygens (including phenoxy) is 1. The maximum Gasteiger partial charge on any atom is 0.269 e. The minimum Gasteiger partial charge on any atom is -0.437 e. The van der Waals surface area contributed by atoms with Gasteiger partial charge in [0.2, 0.25) is 11.8 Å². The third-order valence-electron chi connectivity index (χ3n) is 2.42. The Labute approximate surface area is 118 Å². The third-order valence-corrected chi connectivity index (χ3v) is 2.68. The van der Waals surface area contributed by atoms with Crippen LogP contribution in [0.3, 0.4) is 0 Å². The van der Waals surface area contributed by atoms with Gasteiger partial charge in [0.25, 0.3) is 5.69 Å². The largest absolute Gasteiger partial charge is 0.437 e. The molecule has 0 aliphatic rings. The van der Waals surface area contributed by atoms with Crippen molar-refractivity contribution in [3.63, 3.8) is 0 Å². The molecule has 0 bridgehead atoms. The molecule has 0 saturated heterocycles. The Morgan fingerprint density at radius 2 is 2.25 bits per heavy atom. The molecular formula is C11H10ClN5O3. The van der Waals surface area contributed by atoms with E-state index in [1.165, 1.54) is 24.4 Å².